The molecule has 1 heterocycles. The number of carbonyl (C=O) groups is 2. The third-order valence-electron chi connectivity index (χ3n) is 1.51. The van der Waals surface area contributed by atoms with E-state index in [1.54, 1.807) is 0 Å². The van der Waals surface area contributed by atoms with Crippen molar-refractivity contribution >= 4 is 28.9 Å². The molecule has 0 unspecified atom stereocenters. The molecule has 0 fully saturated rings. The molecule has 1 aromatic heterocycles. The highest BCUT2D eigenvalue weighted by atomic mass is 32.1. The second-order valence-corrected chi connectivity index (χ2v) is 3.73. The summed E-state index contributed by atoms with van der Waals surface area (Å²) in [6.45, 7) is 0.440. The van der Waals surface area contributed by atoms with E-state index in [4.69, 9.17) is 5.11 Å². The summed E-state index contributed by atoms with van der Waals surface area (Å²) in [5, 5.41) is 11.9. The number of aromatic carboxylic acids is 1. The average molecular weight is 235 g/mol. The zero-order valence-corrected chi connectivity index (χ0v) is 8.40. The number of rotatable bonds is 3. The minimum absolute atomic E-state index is 0.112. The standard InChI is InChI=1S/C8H7F2NO3S/c1-8(9,10)7(14)11-4-2-3-15-5(4)6(12)13/h2-3H,1H3,(H,11,14)(H,12,13). The molecule has 0 spiro atoms. The Morgan fingerprint density at radius 3 is 2.60 bits per heavy atom. The molecule has 1 amide bonds. The highest BCUT2D eigenvalue weighted by Crippen LogP contribution is 2.24. The van der Waals surface area contributed by atoms with E-state index in [-0.39, 0.29) is 10.6 Å². The van der Waals surface area contributed by atoms with E-state index < -0.39 is 17.8 Å². The van der Waals surface area contributed by atoms with Crippen molar-refractivity contribution in [3.8, 4) is 0 Å². The van der Waals surface area contributed by atoms with Gasteiger partial charge in [-0.25, -0.2) is 4.79 Å². The summed E-state index contributed by atoms with van der Waals surface area (Å²) in [6.07, 6.45) is 0. The first-order chi connectivity index (χ1) is 6.82. The van der Waals surface area contributed by atoms with Crippen LogP contribution in [-0.4, -0.2) is 22.9 Å². The first-order valence-electron chi connectivity index (χ1n) is 3.82. The smallest absolute Gasteiger partial charge is 0.348 e. The average Bonchev–Trinajstić information content (AvgIpc) is 2.50. The summed E-state index contributed by atoms with van der Waals surface area (Å²) in [4.78, 5) is 21.3. The highest BCUT2D eigenvalue weighted by molar-refractivity contribution is 7.12. The van der Waals surface area contributed by atoms with Gasteiger partial charge >= 0.3 is 11.9 Å². The van der Waals surface area contributed by atoms with Crippen molar-refractivity contribution in [2.24, 2.45) is 0 Å². The number of alkyl halides is 2. The van der Waals surface area contributed by atoms with Gasteiger partial charge in [-0.05, 0) is 11.4 Å². The fraction of sp³-hybridized carbons (Fsp3) is 0.250. The molecule has 0 saturated heterocycles. The maximum Gasteiger partial charge on any atom is 0.348 e. The normalized spacial score (nSPS) is 11.1. The summed E-state index contributed by atoms with van der Waals surface area (Å²) < 4.78 is 25.0. The first-order valence-corrected chi connectivity index (χ1v) is 4.70. The zero-order chi connectivity index (χ0) is 11.6. The SMILES string of the molecule is CC(F)(F)C(=O)Nc1ccsc1C(=O)O. The Balaban J connectivity index is 2.86. The van der Waals surface area contributed by atoms with Gasteiger partial charge in [0.15, 0.2) is 0 Å². The lowest BCUT2D eigenvalue weighted by Gasteiger charge is -2.09. The number of halogens is 2. The number of carbonyl (C=O) groups excluding carboxylic acids is 1. The number of hydrogen-bond donors (Lipinski definition) is 2. The maximum atomic E-state index is 12.5. The van der Waals surface area contributed by atoms with Crippen LogP contribution in [0, 0.1) is 0 Å². The molecule has 82 valence electrons. The predicted octanol–water partition coefficient (Wildman–Crippen LogP) is 2.04. The number of thiophene rings is 1. The summed E-state index contributed by atoms with van der Waals surface area (Å²) in [5.74, 6) is -6.32. The monoisotopic (exact) mass is 235 g/mol. The van der Waals surface area contributed by atoms with E-state index in [9.17, 15) is 18.4 Å². The number of carboxylic acids is 1. The van der Waals surface area contributed by atoms with Crippen molar-refractivity contribution in [3.05, 3.63) is 16.3 Å². The molecule has 1 aromatic rings. The molecular weight excluding hydrogens is 228 g/mol. The van der Waals surface area contributed by atoms with Crippen LogP contribution in [0.15, 0.2) is 11.4 Å². The van der Waals surface area contributed by atoms with Gasteiger partial charge in [0.25, 0.3) is 5.91 Å². The predicted molar refractivity (Wildman–Crippen MR) is 50.5 cm³/mol. The van der Waals surface area contributed by atoms with Gasteiger partial charge in [-0.2, -0.15) is 8.78 Å². The minimum Gasteiger partial charge on any atom is -0.477 e. The molecule has 0 aromatic carbocycles. The number of anilines is 1. The summed E-state index contributed by atoms with van der Waals surface area (Å²) in [5.41, 5.74) is -0.112. The Hall–Kier alpha value is -1.50. The van der Waals surface area contributed by atoms with Crippen LogP contribution in [0.25, 0.3) is 0 Å². The van der Waals surface area contributed by atoms with Crippen molar-refractivity contribution < 1.29 is 23.5 Å². The zero-order valence-electron chi connectivity index (χ0n) is 7.58. The molecule has 0 aliphatic rings. The molecule has 4 nitrogen and oxygen atoms in total. The maximum absolute atomic E-state index is 12.5. The third kappa shape index (κ3) is 2.72. The van der Waals surface area contributed by atoms with Crippen LogP contribution >= 0.6 is 11.3 Å². The molecular formula is C8H7F2NO3S. The van der Waals surface area contributed by atoms with E-state index in [1.807, 2.05) is 5.32 Å². The van der Waals surface area contributed by atoms with Gasteiger partial charge in [0.05, 0.1) is 5.69 Å². The van der Waals surface area contributed by atoms with Crippen molar-refractivity contribution in [1.82, 2.24) is 0 Å². The van der Waals surface area contributed by atoms with Gasteiger partial charge in [0.2, 0.25) is 0 Å². The molecule has 7 heteroatoms. The Labute approximate surface area is 87.5 Å². The molecule has 0 aliphatic heterocycles. The quantitative estimate of drug-likeness (QED) is 0.842. The van der Waals surface area contributed by atoms with Crippen molar-refractivity contribution in [3.63, 3.8) is 0 Å². The fourth-order valence-corrected chi connectivity index (χ4v) is 1.49. The minimum atomic E-state index is -3.53. The lowest BCUT2D eigenvalue weighted by Crippen LogP contribution is -2.31. The Morgan fingerprint density at radius 2 is 2.13 bits per heavy atom. The van der Waals surface area contributed by atoms with Crippen LogP contribution < -0.4 is 5.32 Å². The Morgan fingerprint density at radius 1 is 1.53 bits per heavy atom. The van der Waals surface area contributed by atoms with Crippen molar-refractivity contribution in [1.29, 1.82) is 0 Å². The molecule has 0 radical (unpaired) electrons. The van der Waals surface area contributed by atoms with Crippen LogP contribution in [0.1, 0.15) is 16.6 Å². The lowest BCUT2D eigenvalue weighted by atomic mass is 10.3. The van der Waals surface area contributed by atoms with E-state index in [0.29, 0.717) is 6.92 Å². The van der Waals surface area contributed by atoms with Gasteiger partial charge < -0.3 is 10.4 Å². The van der Waals surface area contributed by atoms with Gasteiger partial charge in [0, 0.05) is 6.92 Å². The molecule has 0 bridgehead atoms. The number of hydrogen-bond acceptors (Lipinski definition) is 3. The van der Waals surface area contributed by atoms with E-state index in [1.165, 1.54) is 11.4 Å². The fourth-order valence-electron chi connectivity index (χ4n) is 0.805. The topological polar surface area (TPSA) is 66.4 Å². The summed E-state index contributed by atoms with van der Waals surface area (Å²) in [7, 11) is 0. The van der Waals surface area contributed by atoms with Crippen molar-refractivity contribution in [2.45, 2.75) is 12.8 Å². The van der Waals surface area contributed by atoms with E-state index in [0.717, 1.165) is 11.3 Å². The molecule has 0 atom stereocenters. The van der Waals surface area contributed by atoms with Crippen LogP contribution in [-0.2, 0) is 4.79 Å². The van der Waals surface area contributed by atoms with Crippen LogP contribution in [0.2, 0.25) is 0 Å². The van der Waals surface area contributed by atoms with Crippen LogP contribution in [0.4, 0.5) is 14.5 Å². The molecule has 0 aliphatic carbocycles. The number of carboxylic acid groups (broad SMARTS) is 1. The van der Waals surface area contributed by atoms with Crippen LogP contribution in [0.3, 0.4) is 0 Å². The van der Waals surface area contributed by atoms with E-state index in [2.05, 4.69) is 0 Å². The van der Waals surface area contributed by atoms with Crippen molar-refractivity contribution in [2.75, 3.05) is 5.32 Å². The molecule has 1 rings (SSSR count). The van der Waals surface area contributed by atoms with E-state index >= 15 is 0 Å². The van der Waals surface area contributed by atoms with Gasteiger partial charge in [-0.15, -0.1) is 11.3 Å². The van der Waals surface area contributed by atoms with Gasteiger partial charge in [0.1, 0.15) is 4.88 Å². The molecule has 15 heavy (non-hydrogen) atoms. The highest BCUT2D eigenvalue weighted by Gasteiger charge is 2.33. The first kappa shape index (κ1) is 11.6. The molecule has 2 N–H and O–H groups in total. The van der Waals surface area contributed by atoms with Gasteiger partial charge in [-0.1, -0.05) is 0 Å². The number of nitrogens with one attached hydrogen (secondary N) is 1. The second-order valence-electron chi connectivity index (χ2n) is 2.81. The number of amides is 1. The lowest BCUT2D eigenvalue weighted by molar-refractivity contribution is -0.137. The van der Waals surface area contributed by atoms with Gasteiger partial charge in [-0.3, -0.25) is 4.79 Å². The summed E-state index contributed by atoms with van der Waals surface area (Å²) >= 11 is 0.851. The third-order valence-corrected chi connectivity index (χ3v) is 2.41. The second kappa shape index (κ2) is 3.93. The van der Waals surface area contributed by atoms with Crippen LogP contribution in [0.5, 0.6) is 0 Å². The Kier molecular flexibility index (Phi) is 3.04. The summed E-state index contributed by atoms with van der Waals surface area (Å²) in [6, 6.07) is 1.26. The largest absolute Gasteiger partial charge is 0.477 e. The Bertz CT molecular complexity index is 397. The molecule has 0 saturated carbocycles.